The predicted molar refractivity (Wildman–Crippen MR) is 112 cm³/mol. The average Bonchev–Trinajstić information content (AvgIpc) is 3.14. The zero-order valence-corrected chi connectivity index (χ0v) is 17.7. The van der Waals surface area contributed by atoms with E-state index in [1.54, 1.807) is 12.1 Å². The third-order valence-electron chi connectivity index (χ3n) is 3.93. The SMILES string of the molecule is CCNC(=NCc1ccc(OCC)c(F)c1)NCC(=O)N1CCCC1.I. The second-order valence-corrected chi connectivity index (χ2v) is 5.83. The van der Waals surface area contributed by atoms with Gasteiger partial charge in [0.25, 0.3) is 0 Å². The Balaban J connectivity index is 0.00000338. The van der Waals surface area contributed by atoms with Gasteiger partial charge in [-0.2, -0.15) is 0 Å². The Labute approximate surface area is 171 Å². The van der Waals surface area contributed by atoms with E-state index in [1.165, 1.54) is 6.07 Å². The lowest BCUT2D eigenvalue weighted by Crippen LogP contribution is -2.44. The Bertz CT molecular complexity index is 607. The van der Waals surface area contributed by atoms with Gasteiger partial charge >= 0.3 is 0 Å². The molecule has 1 aromatic rings. The summed E-state index contributed by atoms with van der Waals surface area (Å²) in [7, 11) is 0. The molecule has 26 heavy (non-hydrogen) atoms. The molecular formula is C18H28FIN4O2. The summed E-state index contributed by atoms with van der Waals surface area (Å²) in [6.45, 7) is 7.07. The second kappa shape index (κ2) is 11.9. The number of halogens is 2. The van der Waals surface area contributed by atoms with E-state index in [0.29, 0.717) is 25.7 Å². The molecule has 2 N–H and O–H groups in total. The molecule has 0 atom stereocenters. The monoisotopic (exact) mass is 478 g/mol. The maximum absolute atomic E-state index is 13.9. The van der Waals surface area contributed by atoms with Gasteiger partial charge in [0.15, 0.2) is 17.5 Å². The van der Waals surface area contributed by atoms with Crippen molar-refractivity contribution in [2.75, 3.05) is 32.8 Å². The van der Waals surface area contributed by atoms with Crippen LogP contribution >= 0.6 is 24.0 Å². The van der Waals surface area contributed by atoms with Gasteiger partial charge in [-0.3, -0.25) is 4.79 Å². The third-order valence-corrected chi connectivity index (χ3v) is 3.93. The number of rotatable bonds is 7. The van der Waals surface area contributed by atoms with E-state index in [2.05, 4.69) is 15.6 Å². The van der Waals surface area contributed by atoms with Crippen molar-refractivity contribution in [2.45, 2.75) is 33.2 Å². The fourth-order valence-corrected chi connectivity index (χ4v) is 2.67. The molecule has 1 aliphatic heterocycles. The molecule has 1 fully saturated rings. The molecule has 146 valence electrons. The van der Waals surface area contributed by atoms with Gasteiger partial charge in [-0.15, -0.1) is 24.0 Å². The Hall–Kier alpha value is -1.58. The smallest absolute Gasteiger partial charge is 0.241 e. The Kier molecular flexibility index (Phi) is 10.3. The highest BCUT2D eigenvalue weighted by Crippen LogP contribution is 2.18. The van der Waals surface area contributed by atoms with Crippen molar-refractivity contribution in [1.29, 1.82) is 0 Å². The zero-order valence-electron chi connectivity index (χ0n) is 15.4. The van der Waals surface area contributed by atoms with Gasteiger partial charge < -0.3 is 20.3 Å². The van der Waals surface area contributed by atoms with Crippen molar-refractivity contribution in [1.82, 2.24) is 15.5 Å². The highest BCUT2D eigenvalue weighted by Gasteiger charge is 2.17. The minimum atomic E-state index is -0.392. The minimum Gasteiger partial charge on any atom is -0.491 e. The maximum atomic E-state index is 13.9. The summed E-state index contributed by atoms with van der Waals surface area (Å²) >= 11 is 0. The van der Waals surface area contributed by atoms with E-state index >= 15 is 0 Å². The topological polar surface area (TPSA) is 66.0 Å². The molecule has 6 nitrogen and oxygen atoms in total. The number of carbonyl (C=O) groups is 1. The molecule has 0 aromatic heterocycles. The Morgan fingerprint density at radius 3 is 2.62 bits per heavy atom. The van der Waals surface area contributed by atoms with Crippen LogP contribution in [0.3, 0.4) is 0 Å². The van der Waals surface area contributed by atoms with Crippen LogP contribution in [-0.2, 0) is 11.3 Å². The number of guanidine groups is 1. The van der Waals surface area contributed by atoms with E-state index in [0.717, 1.165) is 31.5 Å². The van der Waals surface area contributed by atoms with Crippen molar-refractivity contribution in [3.05, 3.63) is 29.6 Å². The largest absolute Gasteiger partial charge is 0.491 e. The summed E-state index contributed by atoms with van der Waals surface area (Å²) in [5.74, 6) is 0.479. The molecule has 1 amide bonds. The van der Waals surface area contributed by atoms with Crippen LogP contribution in [-0.4, -0.2) is 49.6 Å². The third kappa shape index (κ3) is 6.97. The second-order valence-electron chi connectivity index (χ2n) is 5.83. The van der Waals surface area contributed by atoms with Crippen molar-refractivity contribution < 1.29 is 13.9 Å². The quantitative estimate of drug-likeness (QED) is 0.359. The number of nitrogens with zero attached hydrogens (tertiary/aromatic N) is 2. The van der Waals surface area contributed by atoms with Gasteiger partial charge in [-0.25, -0.2) is 9.38 Å². The Morgan fingerprint density at radius 2 is 2.00 bits per heavy atom. The fraction of sp³-hybridized carbons (Fsp3) is 0.556. The van der Waals surface area contributed by atoms with E-state index < -0.39 is 5.82 Å². The predicted octanol–water partition coefficient (Wildman–Crippen LogP) is 2.52. The first kappa shape index (κ1) is 22.5. The molecule has 0 unspecified atom stereocenters. The lowest BCUT2D eigenvalue weighted by molar-refractivity contribution is -0.128. The molecule has 1 aromatic carbocycles. The van der Waals surface area contributed by atoms with Crippen molar-refractivity contribution >= 4 is 35.8 Å². The van der Waals surface area contributed by atoms with Crippen molar-refractivity contribution in [2.24, 2.45) is 4.99 Å². The highest BCUT2D eigenvalue weighted by molar-refractivity contribution is 14.0. The van der Waals surface area contributed by atoms with Crippen LogP contribution < -0.4 is 15.4 Å². The Morgan fingerprint density at radius 1 is 1.27 bits per heavy atom. The first-order chi connectivity index (χ1) is 12.1. The zero-order chi connectivity index (χ0) is 18.1. The van der Waals surface area contributed by atoms with Gasteiger partial charge in [0.2, 0.25) is 5.91 Å². The molecule has 0 aliphatic carbocycles. The van der Waals surface area contributed by atoms with Crippen LogP contribution in [0.25, 0.3) is 0 Å². The van der Waals surface area contributed by atoms with Crippen LogP contribution in [0.1, 0.15) is 32.3 Å². The van der Waals surface area contributed by atoms with Crippen LogP contribution in [0.2, 0.25) is 0 Å². The molecule has 1 aliphatic rings. The first-order valence-corrected chi connectivity index (χ1v) is 8.85. The van der Waals surface area contributed by atoms with E-state index in [1.807, 2.05) is 18.7 Å². The molecular weight excluding hydrogens is 450 g/mol. The van der Waals surface area contributed by atoms with Gasteiger partial charge in [-0.1, -0.05) is 6.07 Å². The first-order valence-electron chi connectivity index (χ1n) is 8.85. The number of amides is 1. The lowest BCUT2D eigenvalue weighted by atomic mass is 10.2. The molecule has 1 saturated heterocycles. The van der Waals surface area contributed by atoms with E-state index in [-0.39, 0.29) is 42.2 Å². The molecule has 0 radical (unpaired) electrons. The molecule has 8 heteroatoms. The molecule has 0 spiro atoms. The van der Waals surface area contributed by atoms with Crippen molar-refractivity contribution in [3.8, 4) is 5.75 Å². The number of ether oxygens (including phenoxy) is 1. The minimum absolute atomic E-state index is 0. The summed E-state index contributed by atoms with van der Waals surface area (Å²) in [6.07, 6.45) is 2.15. The van der Waals surface area contributed by atoms with Gasteiger partial charge in [0, 0.05) is 19.6 Å². The summed E-state index contributed by atoms with van der Waals surface area (Å²) < 4.78 is 19.1. The summed E-state index contributed by atoms with van der Waals surface area (Å²) in [6, 6.07) is 4.82. The molecule has 0 bridgehead atoms. The van der Waals surface area contributed by atoms with Crippen LogP contribution in [0.5, 0.6) is 5.75 Å². The number of nitrogens with one attached hydrogen (secondary N) is 2. The average molecular weight is 478 g/mol. The fourth-order valence-electron chi connectivity index (χ4n) is 2.67. The van der Waals surface area contributed by atoms with Crippen LogP contribution in [0, 0.1) is 5.82 Å². The van der Waals surface area contributed by atoms with Gasteiger partial charge in [0.05, 0.1) is 19.7 Å². The number of benzene rings is 1. The number of hydrogen-bond acceptors (Lipinski definition) is 3. The lowest BCUT2D eigenvalue weighted by Gasteiger charge is -2.17. The number of carbonyl (C=O) groups excluding carboxylic acids is 1. The van der Waals surface area contributed by atoms with E-state index in [4.69, 9.17) is 4.74 Å². The summed E-state index contributed by atoms with van der Waals surface area (Å²) in [5, 5.41) is 6.14. The summed E-state index contributed by atoms with van der Waals surface area (Å²) in [5.41, 5.74) is 0.740. The number of aliphatic imine (C=N–C) groups is 1. The number of hydrogen-bond donors (Lipinski definition) is 2. The number of likely N-dealkylation sites (tertiary alicyclic amines) is 1. The normalized spacial score (nSPS) is 14.0. The van der Waals surface area contributed by atoms with Gasteiger partial charge in [-0.05, 0) is 44.4 Å². The highest BCUT2D eigenvalue weighted by atomic mass is 127. The van der Waals surface area contributed by atoms with E-state index in [9.17, 15) is 9.18 Å². The summed E-state index contributed by atoms with van der Waals surface area (Å²) in [4.78, 5) is 18.4. The van der Waals surface area contributed by atoms with Crippen molar-refractivity contribution in [3.63, 3.8) is 0 Å². The molecule has 2 rings (SSSR count). The molecule has 0 saturated carbocycles. The standard InChI is InChI=1S/C18H27FN4O2.HI/c1-3-20-18(22-13-17(24)23-9-5-6-10-23)21-12-14-7-8-16(25-4-2)15(19)11-14;/h7-8,11H,3-6,9-10,12-13H2,1-2H3,(H2,20,21,22);1H. The van der Waals surface area contributed by atoms with Crippen LogP contribution in [0.4, 0.5) is 4.39 Å². The van der Waals surface area contributed by atoms with Gasteiger partial charge in [0.1, 0.15) is 0 Å². The maximum Gasteiger partial charge on any atom is 0.241 e. The molecule has 1 heterocycles. The van der Waals surface area contributed by atoms with Crippen LogP contribution in [0.15, 0.2) is 23.2 Å².